The van der Waals surface area contributed by atoms with E-state index in [0.717, 1.165) is 23.4 Å². The summed E-state index contributed by atoms with van der Waals surface area (Å²) in [5, 5.41) is 0. The van der Waals surface area contributed by atoms with E-state index in [1.807, 2.05) is 14.1 Å². The summed E-state index contributed by atoms with van der Waals surface area (Å²) in [6, 6.07) is 4.32. The molecule has 0 saturated carbocycles. The van der Waals surface area contributed by atoms with Crippen molar-refractivity contribution in [2.24, 2.45) is 0 Å². The van der Waals surface area contributed by atoms with Gasteiger partial charge in [-0.05, 0) is 45.1 Å². The van der Waals surface area contributed by atoms with E-state index >= 15 is 0 Å². The van der Waals surface area contributed by atoms with Crippen LogP contribution in [0.5, 0.6) is 0 Å². The number of aromatic nitrogens is 2. The lowest BCUT2D eigenvalue weighted by Crippen LogP contribution is -2.11. The molecule has 0 radical (unpaired) electrons. The molecule has 80 valence electrons. The van der Waals surface area contributed by atoms with Crippen molar-refractivity contribution in [3.8, 4) is 0 Å². The average molecular weight is 203 g/mol. The third kappa shape index (κ3) is 2.02. The number of hydrogen-bond acceptors (Lipinski definition) is 2. The Balaban J connectivity index is 2.50. The van der Waals surface area contributed by atoms with Gasteiger partial charge in [-0.3, -0.25) is 0 Å². The van der Waals surface area contributed by atoms with Gasteiger partial charge in [0.05, 0.1) is 17.6 Å². The van der Waals surface area contributed by atoms with E-state index in [4.69, 9.17) is 0 Å². The molecular weight excluding hydrogens is 186 g/mol. The number of nitrogens with zero attached hydrogens (tertiary/aromatic N) is 2. The molecule has 2 aromatic rings. The molecule has 1 aromatic carbocycles. The van der Waals surface area contributed by atoms with Gasteiger partial charge in [-0.2, -0.15) is 0 Å². The SMILES string of the molecule is Cc1cc(C)c2nc(CN(C)C)[nH]c2c1. The van der Waals surface area contributed by atoms with E-state index in [1.54, 1.807) is 0 Å². The Labute approximate surface area is 90.1 Å². The largest absolute Gasteiger partial charge is 0.341 e. The van der Waals surface area contributed by atoms with E-state index in [-0.39, 0.29) is 0 Å². The molecular formula is C12H17N3. The van der Waals surface area contributed by atoms with Crippen LogP contribution in [0.15, 0.2) is 12.1 Å². The van der Waals surface area contributed by atoms with E-state index in [2.05, 4.69) is 40.8 Å². The van der Waals surface area contributed by atoms with Crippen molar-refractivity contribution in [1.29, 1.82) is 0 Å². The van der Waals surface area contributed by atoms with Gasteiger partial charge >= 0.3 is 0 Å². The molecule has 0 aliphatic heterocycles. The van der Waals surface area contributed by atoms with Gasteiger partial charge in [0.1, 0.15) is 5.82 Å². The van der Waals surface area contributed by atoms with Crippen molar-refractivity contribution in [1.82, 2.24) is 14.9 Å². The number of rotatable bonds is 2. The summed E-state index contributed by atoms with van der Waals surface area (Å²) in [5.74, 6) is 1.03. The maximum Gasteiger partial charge on any atom is 0.121 e. The first-order valence-electron chi connectivity index (χ1n) is 5.17. The van der Waals surface area contributed by atoms with Gasteiger partial charge in [0.2, 0.25) is 0 Å². The van der Waals surface area contributed by atoms with E-state index in [0.29, 0.717) is 0 Å². The standard InChI is InChI=1S/C12H17N3/c1-8-5-9(2)12-10(6-8)13-11(14-12)7-15(3)4/h5-6H,7H2,1-4H3,(H,13,14). The minimum Gasteiger partial charge on any atom is -0.341 e. The normalized spacial score (nSPS) is 11.5. The summed E-state index contributed by atoms with van der Waals surface area (Å²) in [6.45, 7) is 5.07. The van der Waals surface area contributed by atoms with Gasteiger partial charge in [0.25, 0.3) is 0 Å². The zero-order valence-electron chi connectivity index (χ0n) is 9.76. The smallest absolute Gasteiger partial charge is 0.121 e. The number of benzene rings is 1. The lowest BCUT2D eigenvalue weighted by atomic mass is 10.1. The zero-order chi connectivity index (χ0) is 11.0. The highest BCUT2D eigenvalue weighted by Crippen LogP contribution is 2.18. The molecule has 0 aliphatic rings. The fourth-order valence-corrected chi connectivity index (χ4v) is 1.90. The fraction of sp³-hybridized carbons (Fsp3) is 0.417. The number of aromatic amines is 1. The lowest BCUT2D eigenvalue weighted by Gasteiger charge is -2.04. The Morgan fingerprint density at radius 3 is 2.67 bits per heavy atom. The van der Waals surface area contributed by atoms with E-state index in [1.165, 1.54) is 11.1 Å². The van der Waals surface area contributed by atoms with Crippen molar-refractivity contribution in [3.05, 3.63) is 29.1 Å². The molecule has 0 unspecified atom stereocenters. The molecule has 15 heavy (non-hydrogen) atoms. The third-order valence-corrected chi connectivity index (χ3v) is 2.44. The first-order chi connectivity index (χ1) is 7.06. The second-order valence-corrected chi connectivity index (χ2v) is 4.40. The summed E-state index contributed by atoms with van der Waals surface area (Å²) < 4.78 is 0. The van der Waals surface area contributed by atoms with Gasteiger partial charge < -0.3 is 9.88 Å². The summed E-state index contributed by atoms with van der Waals surface area (Å²) in [7, 11) is 4.09. The minimum absolute atomic E-state index is 0.854. The molecule has 0 aliphatic carbocycles. The highest BCUT2D eigenvalue weighted by Gasteiger charge is 2.06. The lowest BCUT2D eigenvalue weighted by molar-refractivity contribution is 0.392. The monoisotopic (exact) mass is 203 g/mol. The Kier molecular flexibility index (Phi) is 2.49. The zero-order valence-corrected chi connectivity index (χ0v) is 9.76. The van der Waals surface area contributed by atoms with Crippen LogP contribution >= 0.6 is 0 Å². The van der Waals surface area contributed by atoms with Gasteiger partial charge in [0.15, 0.2) is 0 Å². The Hall–Kier alpha value is -1.35. The van der Waals surface area contributed by atoms with Gasteiger partial charge in [-0.1, -0.05) is 6.07 Å². The summed E-state index contributed by atoms with van der Waals surface area (Å²) >= 11 is 0. The van der Waals surface area contributed by atoms with E-state index < -0.39 is 0 Å². The van der Waals surface area contributed by atoms with Crippen LogP contribution < -0.4 is 0 Å². The van der Waals surface area contributed by atoms with Crippen LogP contribution in [-0.4, -0.2) is 29.0 Å². The molecule has 0 atom stereocenters. The van der Waals surface area contributed by atoms with Crippen molar-refractivity contribution < 1.29 is 0 Å². The summed E-state index contributed by atoms with van der Waals surface area (Å²) in [6.07, 6.45) is 0. The van der Waals surface area contributed by atoms with Crippen LogP contribution in [0, 0.1) is 13.8 Å². The quantitative estimate of drug-likeness (QED) is 0.811. The number of nitrogens with one attached hydrogen (secondary N) is 1. The number of hydrogen-bond donors (Lipinski definition) is 1. The molecule has 0 amide bonds. The maximum atomic E-state index is 4.60. The second-order valence-electron chi connectivity index (χ2n) is 4.40. The number of fused-ring (bicyclic) bond motifs is 1. The maximum absolute atomic E-state index is 4.60. The Morgan fingerprint density at radius 1 is 1.27 bits per heavy atom. The Bertz CT molecular complexity index is 483. The topological polar surface area (TPSA) is 31.9 Å². The fourth-order valence-electron chi connectivity index (χ4n) is 1.90. The molecule has 1 heterocycles. The van der Waals surface area contributed by atoms with Crippen LogP contribution in [0.3, 0.4) is 0 Å². The van der Waals surface area contributed by atoms with Crippen LogP contribution in [0.2, 0.25) is 0 Å². The molecule has 1 N–H and O–H groups in total. The van der Waals surface area contributed by atoms with Gasteiger partial charge in [-0.15, -0.1) is 0 Å². The van der Waals surface area contributed by atoms with Crippen LogP contribution in [-0.2, 0) is 6.54 Å². The molecule has 0 saturated heterocycles. The first kappa shape index (κ1) is 10.2. The summed E-state index contributed by atoms with van der Waals surface area (Å²) in [5.41, 5.74) is 4.76. The van der Waals surface area contributed by atoms with Gasteiger partial charge in [-0.25, -0.2) is 4.98 Å². The second kappa shape index (κ2) is 3.66. The first-order valence-corrected chi connectivity index (χ1v) is 5.17. The van der Waals surface area contributed by atoms with Crippen LogP contribution in [0.1, 0.15) is 17.0 Å². The van der Waals surface area contributed by atoms with Crippen LogP contribution in [0.4, 0.5) is 0 Å². The number of imidazole rings is 1. The van der Waals surface area contributed by atoms with Crippen molar-refractivity contribution in [2.75, 3.05) is 14.1 Å². The average Bonchev–Trinajstić information content (AvgIpc) is 2.45. The van der Waals surface area contributed by atoms with Gasteiger partial charge in [0, 0.05) is 0 Å². The number of H-pyrrole nitrogens is 1. The molecule has 3 heteroatoms. The van der Waals surface area contributed by atoms with E-state index in [9.17, 15) is 0 Å². The minimum atomic E-state index is 0.854. The highest BCUT2D eigenvalue weighted by atomic mass is 15.1. The summed E-state index contributed by atoms with van der Waals surface area (Å²) in [4.78, 5) is 10.1. The van der Waals surface area contributed by atoms with Crippen molar-refractivity contribution in [2.45, 2.75) is 20.4 Å². The predicted octanol–water partition coefficient (Wildman–Crippen LogP) is 2.24. The highest BCUT2D eigenvalue weighted by molar-refractivity contribution is 5.79. The molecule has 0 fully saturated rings. The number of aryl methyl sites for hydroxylation is 2. The van der Waals surface area contributed by atoms with Crippen LogP contribution in [0.25, 0.3) is 11.0 Å². The molecule has 3 nitrogen and oxygen atoms in total. The van der Waals surface area contributed by atoms with Crippen molar-refractivity contribution in [3.63, 3.8) is 0 Å². The molecule has 1 aromatic heterocycles. The Morgan fingerprint density at radius 2 is 2.00 bits per heavy atom. The predicted molar refractivity (Wildman–Crippen MR) is 63.0 cm³/mol. The molecule has 0 spiro atoms. The molecule has 2 rings (SSSR count). The molecule has 0 bridgehead atoms. The third-order valence-electron chi connectivity index (χ3n) is 2.44. The van der Waals surface area contributed by atoms with Crippen molar-refractivity contribution >= 4 is 11.0 Å².